The second-order valence-electron chi connectivity index (χ2n) is 4.29. The Morgan fingerprint density at radius 3 is 2.53 bits per heavy atom. The van der Waals surface area contributed by atoms with Gasteiger partial charge >= 0.3 is 0 Å². The van der Waals surface area contributed by atoms with Crippen LogP contribution in [0.4, 0.5) is 0 Å². The molecule has 0 fully saturated rings. The lowest BCUT2D eigenvalue weighted by atomic mass is 10.1. The summed E-state index contributed by atoms with van der Waals surface area (Å²) in [6, 6.07) is 1.97. The van der Waals surface area contributed by atoms with Crippen LogP contribution in [-0.4, -0.2) is 15.3 Å². The van der Waals surface area contributed by atoms with Crippen molar-refractivity contribution in [3.05, 3.63) is 39.1 Å². The summed E-state index contributed by atoms with van der Waals surface area (Å²) in [6.07, 6.45) is 1.73. The maximum absolute atomic E-state index is 12.2. The van der Waals surface area contributed by atoms with Gasteiger partial charge in [0.05, 0.1) is 18.6 Å². The average molecular weight is 248 g/mol. The van der Waals surface area contributed by atoms with Crippen LogP contribution in [0.15, 0.2) is 12.4 Å². The van der Waals surface area contributed by atoms with E-state index in [1.165, 1.54) is 4.88 Å². The van der Waals surface area contributed by atoms with Crippen LogP contribution >= 0.6 is 11.3 Å². The summed E-state index contributed by atoms with van der Waals surface area (Å²) in [5.41, 5.74) is 2.89. The Kier molecular flexibility index (Phi) is 3.15. The molecule has 0 saturated carbocycles. The highest BCUT2D eigenvalue weighted by Gasteiger charge is 2.13. The zero-order valence-corrected chi connectivity index (χ0v) is 11.4. The van der Waals surface area contributed by atoms with E-state index in [0.717, 1.165) is 21.8 Å². The highest BCUT2D eigenvalue weighted by molar-refractivity contribution is 7.12. The molecule has 2 rings (SSSR count). The molecule has 3 nitrogen and oxygen atoms in total. The van der Waals surface area contributed by atoms with Crippen molar-refractivity contribution >= 4 is 17.1 Å². The van der Waals surface area contributed by atoms with E-state index >= 15 is 0 Å². The predicted octanol–water partition coefficient (Wildman–Crippen LogP) is 3.06. The minimum Gasteiger partial charge on any atom is -0.327 e. The van der Waals surface area contributed by atoms with Gasteiger partial charge < -0.3 is 4.57 Å². The minimum atomic E-state index is 0.160. The lowest BCUT2D eigenvalue weighted by Crippen LogP contribution is -2.11. The third kappa shape index (κ3) is 2.31. The second kappa shape index (κ2) is 4.45. The van der Waals surface area contributed by atoms with Crippen LogP contribution in [0.5, 0.6) is 0 Å². The first-order valence-electron chi connectivity index (χ1n) is 5.57. The molecule has 0 saturated heterocycles. The molecule has 90 valence electrons. The van der Waals surface area contributed by atoms with E-state index < -0.39 is 0 Å². The number of nitrogens with zero attached hydrogens (tertiary/aromatic N) is 2. The van der Waals surface area contributed by atoms with E-state index in [2.05, 4.69) is 4.98 Å². The molecule has 0 aliphatic carbocycles. The normalized spacial score (nSPS) is 10.8. The zero-order chi connectivity index (χ0) is 12.6. The minimum absolute atomic E-state index is 0.160. The monoisotopic (exact) mass is 248 g/mol. The van der Waals surface area contributed by atoms with E-state index in [1.54, 1.807) is 17.7 Å². The quantitative estimate of drug-likeness (QED) is 0.782. The van der Waals surface area contributed by atoms with E-state index in [9.17, 15) is 4.79 Å². The van der Waals surface area contributed by atoms with Gasteiger partial charge in [-0.3, -0.25) is 4.79 Å². The molecule has 2 aromatic heterocycles. The highest BCUT2D eigenvalue weighted by atomic mass is 32.1. The van der Waals surface area contributed by atoms with Gasteiger partial charge in [0.25, 0.3) is 0 Å². The van der Waals surface area contributed by atoms with Crippen molar-refractivity contribution in [3.63, 3.8) is 0 Å². The van der Waals surface area contributed by atoms with Gasteiger partial charge in [0.15, 0.2) is 5.78 Å². The van der Waals surface area contributed by atoms with Crippen LogP contribution in [0.2, 0.25) is 0 Å². The second-order valence-corrected chi connectivity index (χ2v) is 5.75. The van der Waals surface area contributed by atoms with Crippen LogP contribution in [0, 0.1) is 27.7 Å². The van der Waals surface area contributed by atoms with E-state index in [4.69, 9.17) is 0 Å². The van der Waals surface area contributed by atoms with Gasteiger partial charge in [0, 0.05) is 21.0 Å². The summed E-state index contributed by atoms with van der Waals surface area (Å²) < 4.78 is 1.91. The molecule has 4 heteroatoms. The highest BCUT2D eigenvalue weighted by Crippen LogP contribution is 2.21. The maximum Gasteiger partial charge on any atom is 0.183 e. The van der Waals surface area contributed by atoms with Crippen molar-refractivity contribution in [3.8, 4) is 0 Å². The Labute approximate surface area is 105 Å². The summed E-state index contributed by atoms with van der Waals surface area (Å²) >= 11 is 1.67. The molecule has 17 heavy (non-hydrogen) atoms. The van der Waals surface area contributed by atoms with Crippen molar-refractivity contribution < 1.29 is 4.79 Å². The average Bonchev–Trinajstić information content (AvgIpc) is 2.75. The lowest BCUT2D eigenvalue weighted by molar-refractivity contribution is 0.0971. The SMILES string of the molecule is Cc1cc(C(=O)Cn2cnc(C)c2C)c(C)s1. The van der Waals surface area contributed by atoms with Crippen molar-refractivity contribution in [1.82, 2.24) is 9.55 Å². The molecule has 0 amide bonds. The van der Waals surface area contributed by atoms with E-state index in [1.807, 2.05) is 38.3 Å². The Hall–Kier alpha value is -1.42. The molecule has 2 aromatic rings. The summed E-state index contributed by atoms with van der Waals surface area (Å²) in [4.78, 5) is 18.7. The number of carbonyl (C=O) groups is 1. The van der Waals surface area contributed by atoms with E-state index in [0.29, 0.717) is 6.54 Å². The van der Waals surface area contributed by atoms with Gasteiger partial charge in [-0.05, 0) is 33.8 Å². The van der Waals surface area contributed by atoms with Crippen molar-refractivity contribution in [2.75, 3.05) is 0 Å². The molecular formula is C13H16N2OS. The van der Waals surface area contributed by atoms with Crippen molar-refractivity contribution in [2.45, 2.75) is 34.2 Å². The van der Waals surface area contributed by atoms with Gasteiger partial charge in [-0.1, -0.05) is 0 Å². The fourth-order valence-electron chi connectivity index (χ4n) is 1.85. The molecule has 0 aliphatic heterocycles. The van der Waals surface area contributed by atoms with Crippen LogP contribution in [0.25, 0.3) is 0 Å². The number of imidazole rings is 1. The largest absolute Gasteiger partial charge is 0.327 e. The summed E-state index contributed by atoms with van der Waals surface area (Å²) in [5, 5.41) is 0. The van der Waals surface area contributed by atoms with Crippen molar-refractivity contribution in [1.29, 1.82) is 0 Å². The summed E-state index contributed by atoms with van der Waals surface area (Å²) in [6.45, 7) is 8.35. The molecule has 0 spiro atoms. The van der Waals surface area contributed by atoms with Crippen LogP contribution < -0.4 is 0 Å². The van der Waals surface area contributed by atoms with Crippen LogP contribution in [0.3, 0.4) is 0 Å². The number of hydrogen-bond acceptors (Lipinski definition) is 3. The molecular weight excluding hydrogens is 232 g/mol. The standard InChI is InChI=1S/C13H16N2OS/c1-8-5-12(11(4)17-8)13(16)6-15-7-14-9(2)10(15)3/h5,7H,6H2,1-4H3. The number of aryl methyl sites for hydroxylation is 3. The third-order valence-electron chi connectivity index (χ3n) is 3.00. The molecule has 0 atom stereocenters. The number of Topliss-reactive ketones (excluding diaryl/α,β-unsaturated/α-hetero) is 1. The lowest BCUT2D eigenvalue weighted by Gasteiger charge is -2.04. The molecule has 0 unspecified atom stereocenters. The Balaban J connectivity index is 2.23. The summed E-state index contributed by atoms with van der Waals surface area (Å²) in [7, 11) is 0. The number of hydrogen-bond donors (Lipinski definition) is 0. The number of carbonyl (C=O) groups excluding carboxylic acids is 1. The third-order valence-corrected chi connectivity index (χ3v) is 3.97. The Bertz CT molecular complexity index is 566. The molecule has 0 aliphatic rings. The smallest absolute Gasteiger partial charge is 0.183 e. The van der Waals surface area contributed by atoms with Gasteiger partial charge in [-0.25, -0.2) is 4.98 Å². The number of rotatable bonds is 3. The van der Waals surface area contributed by atoms with Gasteiger partial charge in [-0.2, -0.15) is 0 Å². The fraction of sp³-hybridized carbons (Fsp3) is 0.385. The number of aromatic nitrogens is 2. The van der Waals surface area contributed by atoms with Gasteiger partial charge in [-0.15, -0.1) is 11.3 Å². The first-order valence-corrected chi connectivity index (χ1v) is 6.39. The molecule has 2 heterocycles. The fourth-order valence-corrected chi connectivity index (χ4v) is 2.79. The Morgan fingerprint density at radius 2 is 2.06 bits per heavy atom. The van der Waals surface area contributed by atoms with Gasteiger partial charge in [0.2, 0.25) is 0 Å². The molecule has 0 bridgehead atoms. The van der Waals surface area contributed by atoms with Crippen molar-refractivity contribution in [2.24, 2.45) is 0 Å². The van der Waals surface area contributed by atoms with E-state index in [-0.39, 0.29) is 5.78 Å². The zero-order valence-electron chi connectivity index (χ0n) is 10.6. The van der Waals surface area contributed by atoms with Gasteiger partial charge in [0.1, 0.15) is 0 Å². The van der Waals surface area contributed by atoms with Crippen LogP contribution in [-0.2, 0) is 6.54 Å². The first kappa shape index (κ1) is 12.0. The summed E-state index contributed by atoms with van der Waals surface area (Å²) in [5.74, 6) is 0.160. The maximum atomic E-state index is 12.2. The number of ketones is 1. The molecule has 0 aromatic carbocycles. The predicted molar refractivity (Wildman–Crippen MR) is 69.8 cm³/mol. The van der Waals surface area contributed by atoms with Crippen LogP contribution in [0.1, 0.15) is 31.5 Å². The molecule has 0 radical (unpaired) electrons. The Morgan fingerprint density at radius 1 is 1.35 bits per heavy atom. The first-order chi connectivity index (χ1) is 7.99. The number of thiophene rings is 1. The topological polar surface area (TPSA) is 34.9 Å². The molecule has 0 N–H and O–H groups in total.